The number of hydrogen-bond acceptors (Lipinski definition) is 5. The van der Waals surface area contributed by atoms with Crippen molar-refractivity contribution in [2.24, 2.45) is 0 Å². The minimum absolute atomic E-state index is 0.0108. The van der Waals surface area contributed by atoms with Crippen LogP contribution in [0.1, 0.15) is 17.2 Å². The predicted octanol–water partition coefficient (Wildman–Crippen LogP) is 4.98. The van der Waals surface area contributed by atoms with Crippen LogP contribution in [0.4, 0.5) is 5.69 Å². The van der Waals surface area contributed by atoms with Crippen molar-refractivity contribution in [1.29, 1.82) is 0 Å². The van der Waals surface area contributed by atoms with E-state index in [0.717, 1.165) is 0 Å². The highest BCUT2D eigenvalue weighted by atomic mass is 35.5. The summed E-state index contributed by atoms with van der Waals surface area (Å²) in [6.07, 6.45) is 0. The number of anilines is 1. The van der Waals surface area contributed by atoms with Crippen LogP contribution < -0.4 is 14.4 Å². The van der Waals surface area contributed by atoms with Crippen molar-refractivity contribution in [3.05, 3.63) is 94.5 Å². The van der Waals surface area contributed by atoms with Crippen LogP contribution in [-0.4, -0.2) is 31.0 Å². The zero-order valence-corrected chi connectivity index (χ0v) is 18.2. The van der Waals surface area contributed by atoms with Crippen molar-refractivity contribution in [1.82, 2.24) is 0 Å². The normalized spacial score (nSPS) is 17.5. The molecular weight excluding hydrogens is 430 g/mol. The van der Waals surface area contributed by atoms with Gasteiger partial charge in [0.25, 0.3) is 11.7 Å². The van der Waals surface area contributed by atoms with Gasteiger partial charge in [-0.05, 0) is 42.0 Å². The number of aliphatic hydroxyl groups excluding tert-OH is 1. The van der Waals surface area contributed by atoms with Crippen LogP contribution >= 0.6 is 11.6 Å². The first-order chi connectivity index (χ1) is 15.5. The van der Waals surface area contributed by atoms with E-state index in [-0.39, 0.29) is 11.3 Å². The molecule has 162 valence electrons. The van der Waals surface area contributed by atoms with Crippen LogP contribution in [0, 0.1) is 0 Å². The predicted molar refractivity (Wildman–Crippen MR) is 122 cm³/mol. The lowest BCUT2D eigenvalue weighted by Gasteiger charge is -2.26. The van der Waals surface area contributed by atoms with Gasteiger partial charge < -0.3 is 14.6 Å². The highest BCUT2D eigenvalue weighted by Crippen LogP contribution is 2.44. The van der Waals surface area contributed by atoms with Gasteiger partial charge >= 0.3 is 0 Å². The maximum atomic E-state index is 13.1. The number of aliphatic hydroxyl groups is 1. The summed E-state index contributed by atoms with van der Waals surface area (Å²) >= 11 is 6.02. The van der Waals surface area contributed by atoms with Crippen molar-refractivity contribution in [3.8, 4) is 11.5 Å². The molecule has 0 aliphatic carbocycles. The molecule has 3 aromatic rings. The summed E-state index contributed by atoms with van der Waals surface area (Å²) in [5, 5.41) is 11.6. The molecule has 6 nitrogen and oxygen atoms in total. The number of hydrogen-bond donors (Lipinski definition) is 1. The molecule has 0 bridgehead atoms. The SMILES string of the molecule is COc1ccc([C@H]2/C(=C(\O)c3ccccc3)C(=O)C(=O)N2c2ccc(Cl)cc2)cc1OC. The second-order valence-electron chi connectivity index (χ2n) is 7.13. The second kappa shape index (κ2) is 8.77. The molecule has 0 radical (unpaired) electrons. The molecule has 1 N–H and O–H groups in total. The van der Waals surface area contributed by atoms with Gasteiger partial charge in [-0.1, -0.05) is 48.0 Å². The first-order valence-electron chi connectivity index (χ1n) is 9.80. The molecule has 1 saturated heterocycles. The molecule has 0 unspecified atom stereocenters. The Morgan fingerprint density at radius 3 is 2.19 bits per heavy atom. The molecule has 0 aromatic heterocycles. The summed E-state index contributed by atoms with van der Waals surface area (Å²) in [7, 11) is 3.02. The number of Topliss-reactive ketones (excluding diaryl/α,β-unsaturated/α-hetero) is 1. The molecule has 0 spiro atoms. The number of carbonyl (C=O) groups is 2. The van der Waals surface area contributed by atoms with Crippen LogP contribution in [0.15, 0.2) is 78.4 Å². The van der Waals surface area contributed by atoms with Crippen molar-refractivity contribution >= 4 is 34.7 Å². The minimum Gasteiger partial charge on any atom is -0.507 e. The number of amides is 1. The number of carbonyl (C=O) groups excluding carboxylic acids is 2. The van der Waals surface area contributed by atoms with Crippen LogP contribution in [0.2, 0.25) is 5.02 Å². The molecule has 7 heteroatoms. The van der Waals surface area contributed by atoms with E-state index in [1.807, 2.05) is 0 Å². The Kier molecular flexibility index (Phi) is 5.88. The minimum atomic E-state index is -0.879. The molecule has 1 atom stereocenters. The number of methoxy groups -OCH3 is 2. The average Bonchev–Trinajstić information content (AvgIpc) is 3.09. The van der Waals surface area contributed by atoms with Crippen molar-refractivity contribution in [2.75, 3.05) is 19.1 Å². The molecule has 4 rings (SSSR count). The van der Waals surface area contributed by atoms with Gasteiger partial charge in [-0.3, -0.25) is 14.5 Å². The van der Waals surface area contributed by atoms with Gasteiger partial charge in [0.1, 0.15) is 5.76 Å². The van der Waals surface area contributed by atoms with Crippen molar-refractivity contribution in [3.63, 3.8) is 0 Å². The standard InChI is InChI=1S/C25H20ClNO5/c1-31-19-13-8-16(14-20(19)32-2)22-21(23(28)15-6-4-3-5-7-15)24(29)25(30)27(22)18-11-9-17(26)10-12-18/h3-14,22,28H,1-2H3/b23-21+/t22-/m0/s1. The van der Waals surface area contributed by atoms with E-state index in [9.17, 15) is 14.7 Å². The molecule has 1 aliphatic rings. The Hall–Kier alpha value is -3.77. The molecule has 3 aromatic carbocycles. The van der Waals surface area contributed by atoms with Crippen LogP contribution in [0.3, 0.4) is 0 Å². The van der Waals surface area contributed by atoms with Crippen LogP contribution in [0.5, 0.6) is 11.5 Å². The lowest BCUT2D eigenvalue weighted by molar-refractivity contribution is -0.132. The van der Waals surface area contributed by atoms with E-state index in [2.05, 4.69) is 0 Å². The quantitative estimate of drug-likeness (QED) is 0.337. The van der Waals surface area contributed by atoms with Gasteiger partial charge in [-0.15, -0.1) is 0 Å². The Balaban J connectivity index is 1.96. The Morgan fingerprint density at radius 1 is 0.906 bits per heavy atom. The first kappa shape index (κ1) is 21.5. The second-order valence-corrected chi connectivity index (χ2v) is 7.56. The summed E-state index contributed by atoms with van der Waals surface area (Å²) in [6.45, 7) is 0. The zero-order valence-electron chi connectivity index (χ0n) is 17.4. The maximum Gasteiger partial charge on any atom is 0.300 e. The molecule has 0 saturated carbocycles. The fourth-order valence-corrected chi connectivity index (χ4v) is 3.92. The van der Waals surface area contributed by atoms with Crippen LogP contribution in [0.25, 0.3) is 5.76 Å². The third kappa shape index (κ3) is 3.69. The number of nitrogens with zero attached hydrogens (tertiary/aromatic N) is 1. The topological polar surface area (TPSA) is 76.1 Å². The van der Waals surface area contributed by atoms with Gasteiger partial charge in [-0.2, -0.15) is 0 Å². The number of rotatable bonds is 5. The smallest absolute Gasteiger partial charge is 0.300 e. The third-order valence-electron chi connectivity index (χ3n) is 5.32. The van der Waals surface area contributed by atoms with E-state index in [4.69, 9.17) is 21.1 Å². The summed E-state index contributed by atoms with van der Waals surface area (Å²) in [6, 6.07) is 19.5. The van der Waals surface area contributed by atoms with E-state index in [1.54, 1.807) is 72.8 Å². The molecule has 1 amide bonds. The Labute approximate surface area is 190 Å². The average molecular weight is 450 g/mol. The van der Waals surface area contributed by atoms with E-state index in [1.165, 1.54) is 19.1 Å². The van der Waals surface area contributed by atoms with E-state index >= 15 is 0 Å². The lowest BCUT2D eigenvalue weighted by Crippen LogP contribution is -2.29. The maximum absolute atomic E-state index is 13.1. The molecule has 1 aliphatic heterocycles. The van der Waals surface area contributed by atoms with E-state index in [0.29, 0.717) is 33.3 Å². The third-order valence-corrected chi connectivity index (χ3v) is 5.57. The van der Waals surface area contributed by atoms with E-state index < -0.39 is 17.7 Å². The van der Waals surface area contributed by atoms with Crippen LogP contribution in [-0.2, 0) is 9.59 Å². The molecule has 1 heterocycles. The fraction of sp³-hybridized carbons (Fsp3) is 0.120. The number of ether oxygens (including phenoxy) is 2. The highest BCUT2D eigenvalue weighted by Gasteiger charge is 2.47. The molecule has 1 fully saturated rings. The lowest BCUT2D eigenvalue weighted by atomic mass is 9.94. The summed E-state index contributed by atoms with van der Waals surface area (Å²) < 4.78 is 10.7. The molecular formula is C25H20ClNO5. The Bertz CT molecular complexity index is 1200. The summed E-state index contributed by atoms with van der Waals surface area (Å²) in [4.78, 5) is 27.6. The van der Waals surface area contributed by atoms with Gasteiger partial charge in [0.15, 0.2) is 11.5 Å². The molecule has 32 heavy (non-hydrogen) atoms. The zero-order chi connectivity index (χ0) is 22.8. The highest BCUT2D eigenvalue weighted by molar-refractivity contribution is 6.51. The number of benzene rings is 3. The van der Waals surface area contributed by atoms with Crippen molar-refractivity contribution in [2.45, 2.75) is 6.04 Å². The Morgan fingerprint density at radius 2 is 1.56 bits per heavy atom. The monoisotopic (exact) mass is 449 g/mol. The van der Waals surface area contributed by atoms with Gasteiger partial charge in [0.2, 0.25) is 0 Å². The number of ketones is 1. The largest absolute Gasteiger partial charge is 0.507 e. The van der Waals surface area contributed by atoms with Gasteiger partial charge in [0, 0.05) is 16.3 Å². The van der Waals surface area contributed by atoms with Gasteiger partial charge in [-0.25, -0.2) is 0 Å². The number of halogens is 1. The summed E-state index contributed by atoms with van der Waals surface area (Å²) in [5.74, 6) is -0.833. The fourth-order valence-electron chi connectivity index (χ4n) is 3.79. The van der Waals surface area contributed by atoms with Gasteiger partial charge in [0.05, 0.1) is 25.8 Å². The van der Waals surface area contributed by atoms with Crippen molar-refractivity contribution < 1.29 is 24.2 Å². The first-order valence-corrected chi connectivity index (χ1v) is 10.2. The summed E-state index contributed by atoms with van der Waals surface area (Å²) in [5.41, 5.74) is 1.48.